The highest BCUT2D eigenvalue weighted by Crippen LogP contribution is 2.27. The first-order valence-corrected chi connectivity index (χ1v) is 8.10. The van der Waals surface area contributed by atoms with Crippen molar-refractivity contribution in [3.63, 3.8) is 0 Å². The van der Waals surface area contributed by atoms with Gasteiger partial charge in [-0.25, -0.2) is 12.8 Å². The zero-order chi connectivity index (χ0) is 13.2. The van der Waals surface area contributed by atoms with Crippen LogP contribution in [0.15, 0.2) is 24.3 Å². The molecular formula is C12H14ClFO3S. The van der Waals surface area contributed by atoms with Gasteiger partial charge in [-0.2, -0.15) is 0 Å². The van der Waals surface area contributed by atoms with Gasteiger partial charge in [0.2, 0.25) is 9.05 Å². The van der Waals surface area contributed by atoms with Gasteiger partial charge in [-0.1, -0.05) is 12.1 Å². The molecule has 0 aromatic heterocycles. The minimum absolute atomic E-state index is 0.219. The first-order valence-electron chi connectivity index (χ1n) is 5.72. The molecule has 0 aliphatic carbocycles. The molecule has 1 aromatic carbocycles. The van der Waals surface area contributed by atoms with Crippen molar-refractivity contribution in [1.29, 1.82) is 0 Å². The summed E-state index contributed by atoms with van der Waals surface area (Å²) in [6.07, 6.45) is 0.847. The van der Waals surface area contributed by atoms with Crippen molar-refractivity contribution < 1.29 is 17.5 Å². The zero-order valence-corrected chi connectivity index (χ0v) is 11.3. The third kappa shape index (κ3) is 3.43. The molecule has 6 heteroatoms. The van der Waals surface area contributed by atoms with Crippen LogP contribution in [-0.2, 0) is 20.2 Å². The van der Waals surface area contributed by atoms with E-state index in [0.29, 0.717) is 26.1 Å². The first-order chi connectivity index (χ1) is 8.47. The van der Waals surface area contributed by atoms with Gasteiger partial charge in [-0.05, 0) is 30.5 Å². The maximum Gasteiger partial charge on any atom is 0.235 e. The highest BCUT2D eigenvalue weighted by molar-refractivity contribution is 8.14. The van der Waals surface area contributed by atoms with E-state index in [9.17, 15) is 12.8 Å². The summed E-state index contributed by atoms with van der Waals surface area (Å²) in [5.41, 5.74) is 0.760. The number of benzene rings is 1. The Morgan fingerprint density at radius 1 is 1.44 bits per heavy atom. The fourth-order valence-corrected chi connectivity index (χ4v) is 4.02. The quantitative estimate of drug-likeness (QED) is 0.803. The number of ether oxygens (including phenoxy) is 1. The SMILES string of the molecule is O=S(=O)(Cl)[C@@H]1CCOC[C@@H]1Cc1cccc(F)c1. The lowest BCUT2D eigenvalue weighted by Gasteiger charge is -2.29. The topological polar surface area (TPSA) is 43.4 Å². The van der Waals surface area contributed by atoms with Crippen LogP contribution >= 0.6 is 10.7 Å². The molecule has 1 aliphatic heterocycles. The molecule has 1 heterocycles. The molecule has 1 fully saturated rings. The van der Waals surface area contributed by atoms with Gasteiger partial charge < -0.3 is 4.74 Å². The van der Waals surface area contributed by atoms with Crippen molar-refractivity contribution in [2.24, 2.45) is 5.92 Å². The molecule has 0 unspecified atom stereocenters. The van der Waals surface area contributed by atoms with E-state index in [2.05, 4.69) is 0 Å². The Bertz CT molecular complexity index is 518. The largest absolute Gasteiger partial charge is 0.381 e. The third-order valence-electron chi connectivity index (χ3n) is 3.15. The molecule has 0 saturated carbocycles. The van der Waals surface area contributed by atoms with Crippen molar-refractivity contribution in [2.75, 3.05) is 13.2 Å². The fourth-order valence-electron chi connectivity index (χ4n) is 2.30. The van der Waals surface area contributed by atoms with E-state index in [1.54, 1.807) is 12.1 Å². The molecule has 0 spiro atoms. The number of halogens is 2. The highest BCUT2D eigenvalue weighted by atomic mass is 35.7. The molecule has 1 aliphatic rings. The van der Waals surface area contributed by atoms with Crippen molar-refractivity contribution in [1.82, 2.24) is 0 Å². The summed E-state index contributed by atoms with van der Waals surface area (Å²) >= 11 is 0. The van der Waals surface area contributed by atoms with Crippen LogP contribution in [0.2, 0.25) is 0 Å². The Kier molecular flexibility index (Phi) is 4.25. The van der Waals surface area contributed by atoms with Gasteiger partial charge in [0, 0.05) is 23.2 Å². The predicted molar refractivity (Wildman–Crippen MR) is 67.6 cm³/mol. The normalized spacial score (nSPS) is 25.0. The summed E-state index contributed by atoms with van der Waals surface area (Å²) in [6.45, 7) is 0.739. The molecule has 100 valence electrons. The van der Waals surface area contributed by atoms with Gasteiger partial charge in [-0.3, -0.25) is 0 Å². The molecule has 18 heavy (non-hydrogen) atoms. The summed E-state index contributed by atoms with van der Waals surface area (Å²) in [5.74, 6) is -0.544. The lowest BCUT2D eigenvalue weighted by molar-refractivity contribution is 0.0577. The van der Waals surface area contributed by atoms with Crippen LogP contribution in [-0.4, -0.2) is 26.9 Å². The summed E-state index contributed by atoms with van der Waals surface area (Å²) in [5, 5.41) is -0.615. The number of rotatable bonds is 3. The molecular weight excluding hydrogens is 279 g/mol. The summed E-state index contributed by atoms with van der Waals surface area (Å²) < 4.78 is 41.3. The molecule has 0 amide bonds. The number of hydrogen-bond acceptors (Lipinski definition) is 3. The van der Waals surface area contributed by atoms with E-state index in [1.807, 2.05) is 0 Å². The Morgan fingerprint density at radius 2 is 2.22 bits per heavy atom. The van der Waals surface area contributed by atoms with Crippen LogP contribution in [0, 0.1) is 11.7 Å². The Morgan fingerprint density at radius 3 is 2.89 bits per heavy atom. The monoisotopic (exact) mass is 292 g/mol. The second-order valence-electron chi connectivity index (χ2n) is 4.47. The maximum absolute atomic E-state index is 13.1. The first kappa shape index (κ1) is 13.8. The molecule has 0 bridgehead atoms. The van der Waals surface area contributed by atoms with E-state index >= 15 is 0 Å². The fraction of sp³-hybridized carbons (Fsp3) is 0.500. The Labute approximate surface area is 110 Å². The molecule has 2 atom stereocenters. The lowest BCUT2D eigenvalue weighted by Crippen LogP contribution is -2.37. The van der Waals surface area contributed by atoms with Crippen molar-refractivity contribution >= 4 is 19.7 Å². The van der Waals surface area contributed by atoms with Gasteiger partial charge >= 0.3 is 0 Å². The number of hydrogen-bond donors (Lipinski definition) is 0. The average molecular weight is 293 g/mol. The smallest absolute Gasteiger partial charge is 0.235 e. The highest BCUT2D eigenvalue weighted by Gasteiger charge is 2.34. The maximum atomic E-state index is 13.1. The van der Waals surface area contributed by atoms with Crippen LogP contribution in [0.25, 0.3) is 0 Å². The minimum atomic E-state index is -3.61. The van der Waals surface area contributed by atoms with E-state index in [4.69, 9.17) is 15.4 Å². The van der Waals surface area contributed by atoms with E-state index in [-0.39, 0.29) is 11.7 Å². The molecule has 1 saturated heterocycles. The van der Waals surface area contributed by atoms with Gasteiger partial charge in [0.1, 0.15) is 5.82 Å². The van der Waals surface area contributed by atoms with Gasteiger partial charge in [0.15, 0.2) is 0 Å². The molecule has 3 nitrogen and oxygen atoms in total. The standard InChI is InChI=1S/C12H14ClFO3S/c13-18(15,16)12-4-5-17-8-10(12)6-9-2-1-3-11(14)7-9/h1-3,7,10,12H,4-6,8H2/t10-,12+/m0/s1. The molecule has 0 N–H and O–H groups in total. The van der Waals surface area contributed by atoms with Crippen molar-refractivity contribution in [3.05, 3.63) is 35.6 Å². The van der Waals surface area contributed by atoms with Crippen LogP contribution in [0.4, 0.5) is 4.39 Å². The summed E-state index contributed by atoms with van der Waals surface area (Å²) in [6, 6.07) is 6.15. The van der Waals surface area contributed by atoms with Crippen LogP contribution in [0.5, 0.6) is 0 Å². The molecule has 0 radical (unpaired) electrons. The van der Waals surface area contributed by atoms with E-state index < -0.39 is 14.3 Å². The van der Waals surface area contributed by atoms with Crippen molar-refractivity contribution in [2.45, 2.75) is 18.1 Å². The van der Waals surface area contributed by atoms with Crippen LogP contribution < -0.4 is 0 Å². The van der Waals surface area contributed by atoms with E-state index in [0.717, 1.165) is 5.56 Å². The Hall–Kier alpha value is -0.650. The van der Waals surface area contributed by atoms with E-state index in [1.165, 1.54) is 12.1 Å². The Balaban J connectivity index is 2.15. The zero-order valence-electron chi connectivity index (χ0n) is 9.68. The second-order valence-corrected chi connectivity index (χ2v) is 7.32. The predicted octanol–water partition coefficient (Wildman–Crippen LogP) is 2.34. The van der Waals surface area contributed by atoms with Crippen LogP contribution in [0.3, 0.4) is 0 Å². The summed E-state index contributed by atoms with van der Waals surface area (Å²) in [4.78, 5) is 0. The van der Waals surface area contributed by atoms with Gasteiger partial charge in [-0.15, -0.1) is 0 Å². The lowest BCUT2D eigenvalue weighted by atomic mass is 9.93. The minimum Gasteiger partial charge on any atom is -0.381 e. The average Bonchev–Trinajstić information content (AvgIpc) is 2.28. The molecule has 2 rings (SSSR count). The second kappa shape index (κ2) is 5.55. The van der Waals surface area contributed by atoms with Gasteiger partial charge in [0.25, 0.3) is 0 Å². The third-order valence-corrected chi connectivity index (χ3v) is 5.18. The summed E-state index contributed by atoms with van der Waals surface area (Å²) in [7, 11) is 1.84. The molecule has 1 aromatic rings. The van der Waals surface area contributed by atoms with Gasteiger partial charge in [0.05, 0.1) is 11.9 Å². The van der Waals surface area contributed by atoms with Crippen LogP contribution in [0.1, 0.15) is 12.0 Å². The van der Waals surface area contributed by atoms with Crippen molar-refractivity contribution in [3.8, 4) is 0 Å².